The number of aromatic nitrogens is 2. The van der Waals surface area contributed by atoms with Gasteiger partial charge in [-0.2, -0.15) is 0 Å². The summed E-state index contributed by atoms with van der Waals surface area (Å²) in [6, 6.07) is 18.2. The number of fused-ring (bicyclic) bond motifs is 1. The van der Waals surface area contributed by atoms with E-state index in [1.807, 2.05) is 48.5 Å². The van der Waals surface area contributed by atoms with Gasteiger partial charge in [0.15, 0.2) is 5.13 Å². The lowest BCUT2D eigenvalue weighted by Gasteiger charge is -2.12. The fraction of sp³-hybridized carbons (Fsp3) is 0.174. The average molecular weight is 451 g/mol. The van der Waals surface area contributed by atoms with Crippen LogP contribution in [0.15, 0.2) is 66.9 Å². The van der Waals surface area contributed by atoms with Gasteiger partial charge in [-0.15, -0.1) is 0 Å². The number of benzene rings is 2. The molecule has 0 bridgehead atoms. The molecular weight excluding hydrogens is 428 g/mol. The van der Waals surface area contributed by atoms with Crippen LogP contribution in [0.3, 0.4) is 0 Å². The summed E-state index contributed by atoms with van der Waals surface area (Å²) >= 11 is 1.46. The molecule has 2 aromatic heterocycles. The van der Waals surface area contributed by atoms with Crippen molar-refractivity contribution in [2.24, 2.45) is 0 Å². The summed E-state index contributed by atoms with van der Waals surface area (Å²) in [4.78, 5) is 20.3. The van der Waals surface area contributed by atoms with Gasteiger partial charge in [-0.25, -0.2) is 4.98 Å². The molecule has 2 heterocycles. The van der Waals surface area contributed by atoms with E-state index in [2.05, 4.69) is 20.6 Å². The van der Waals surface area contributed by atoms with Crippen molar-refractivity contribution in [3.8, 4) is 17.2 Å². The van der Waals surface area contributed by atoms with E-state index in [9.17, 15) is 9.90 Å². The molecule has 1 amide bonds. The van der Waals surface area contributed by atoms with Gasteiger partial charge in [0.2, 0.25) is 0 Å². The number of aliphatic hydroxyl groups excluding tert-OH is 1. The molecular formula is C23H22N4O4S. The van der Waals surface area contributed by atoms with Gasteiger partial charge in [-0.05, 0) is 30.3 Å². The Bertz CT molecular complexity index is 1200. The lowest BCUT2D eigenvalue weighted by Crippen LogP contribution is -2.26. The van der Waals surface area contributed by atoms with E-state index < -0.39 is 6.10 Å². The van der Waals surface area contributed by atoms with Crippen molar-refractivity contribution in [1.29, 1.82) is 0 Å². The van der Waals surface area contributed by atoms with Gasteiger partial charge in [0.05, 0.1) is 10.2 Å². The number of hydrogen-bond acceptors (Lipinski definition) is 8. The van der Waals surface area contributed by atoms with Gasteiger partial charge < -0.3 is 25.2 Å². The molecule has 4 aromatic rings. The molecule has 32 heavy (non-hydrogen) atoms. The minimum Gasteiger partial charge on any atom is -0.491 e. The highest BCUT2D eigenvalue weighted by Gasteiger charge is 2.10. The Kier molecular flexibility index (Phi) is 6.78. The second-order valence-electron chi connectivity index (χ2n) is 6.87. The molecule has 0 radical (unpaired) electrons. The van der Waals surface area contributed by atoms with Gasteiger partial charge in [0, 0.05) is 31.9 Å². The number of hydrogen-bond donors (Lipinski definition) is 3. The Hall–Kier alpha value is -3.69. The maximum absolute atomic E-state index is 11.7. The van der Waals surface area contributed by atoms with Crippen LogP contribution in [-0.2, 0) is 0 Å². The second kappa shape index (κ2) is 10.1. The molecule has 0 aliphatic carbocycles. The standard InChI is InChI=1S/C23H22N4O4S/c1-24-22(29)20-11-18(9-10-25-20)31-17-7-8-19-21(12-17)32-23(27-19)26-13-15(28)14-30-16-5-3-2-4-6-16/h2-12,15,28H,13-14H2,1H3,(H,24,29)(H,26,27). The SMILES string of the molecule is CNC(=O)c1cc(Oc2ccc3nc(NCC(O)COc4ccccc4)sc3c2)ccn1. The number of aliphatic hydroxyl groups is 1. The van der Waals surface area contributed by atoms with E-state index in [0.717, 1.165) is 16.0 Å². The smallest absolute Gasteiger partial charge is 0.269 e. The first-order valence-corrected chi connectivity index (χ1v) is 10.8. The number of thiazole rings is 1. The quantitative estimate of drug-likeness (QED) is 0.357. The third-order valence-corrected chi connectivity index (χ3v) is 5.44. The van der Waals surface area contributed by atoms with Crippen LogP contribution in [0.25, 0.3) is 10.2 Å². The Labute approximate surface area is 188 Å². The zero-order chi connectivity index (χ0) is 22.3. The number of para-hydroxylation sites is 1. The van der Waals surface area contributed by atoms with E-state index >= 15 is 0 Å². The second-order valence-corrected chi connectivity index (χ2v) is 7.90. The van der Waals surface area contributed by atoms with Gasteiger partial charge in [0.1, 0.15) is 35.7 Å². The van der Waals surface area contributed by atoms with Crippen molar-refractivity contribution in [3.63, 3.8) is 0 Å². The summed E-state index contributed by atoms with van der Waals surface area (Å²) in [6.07, 6.45) is 0.849. The first kappa shape index (κ1) is 21.5. The molecule has 0 aliphatic rings. The number of anilines is 1. The fourth-order valence-electron chi connectivity index (χ4n) is 2.88. The average Bonchev–Trinajstić information content (AvgIpc) is 3.24. The molecule has 0 fully saturated rings. The zero-order valence-corrected chi connectivity index (χ0v) is 18.1. The number of amides is 1. The number of nitrogens with one attached hydrogen (secondary N) is 2. The van der Waals surface area contributed by atoms with Crippen LogP contribution in [0.1, 0.15) is 10.5 Å². The molecule has 3 N–H and O–H groups in total. The van der Waals surface area contributed by atoms with Crippen LogP contribution >= 0.6 is 11.3 Å². The Morgan fingerprint density at radius 3 is 2.72 bits per heavy atom. The van der Waals surface area contributed by atoms with Crippen LogP contribution in [0, 0.1) is 0 Å². The minimum atomic E-state index is -0.678. The molecule has 0 spiro atoms. The first-order valence-electron chi connectivity index (χ1n) is 9.97. The predicted octanol–water partition coefficient (Wildman–Crippen LogP) is 3.70. The van der Waals surface area contributed by atoms with E-state index in [0.29, 0.717) is 23.2 Å². The number of pyridine rings is 1. The van der Waals surface area contributed by atoms with Crippen molar-refractivity contribution < 1.29 is 19.4 Å². The lowest BCUT2D eigenvalue weighted by molar-refractivity contribution is 0.0958. The maximum Gasteiger partial charge on any atom is 0.269 e. The normalized spacial score (nSPS) is 11.7. The van der Waals surface area contributed by atoms with Crippen LogP contribution < -0.4 is 20.1 Å². The van der Waals surface area contributed by atoms with E-state index in [-0.39, 0.29) is 18.2 Å². The molecule has 164 valence electrons. The van der Waals surface area contributed by atoms with Crippen LogP contribution in [0.5, 0.6) is 17.2 Å². The van der Waals surface area contributed by atoms with Crippen LogP contribution in [0.4, 0.5) is 5.13 Å². The number of nitrogens with zero attached hydrogens (tertiary/aromatic N) is 2. The van der Waals surface area contributed by atoms with Crippen molar-refractivity contribution in [3.05, 3.63) is 72.6 Å². The summed E-state index contributed by atoms with van der Waals surface area (Å²) in [5, 5.41) is 16.6. The van der Waals surface area contributed by atoms with Gasteiger partial charge in [-0.3, -0.25) is 9.78 Å². The minimum absolute atomic E-state index is 0.184. The van der Waals surface area contributed by atoms with E-state index in [4.69, 9.17) is 9.47 Å². The molecule has 1 atom stereocenters. The number of ether oxygens (including phenoxy) is 2. The summed E-state index contributed by atoms with van der Waals surface area (Å²) < 4.78 is 12.4. The molecule has 4 rings (SSSR count). The summed E-state index contributed by atoms with van der Waals surface area (Å²) in [7, 11) is 1.55. The summed E-state index contributed by atoms with van der Waals surface area (Å²) in [5.74, 6) is 1.58. The molecule has 0 saturated carbocycles. The summed E-state index contributed by atoms with van der Waals surface area (Å²) in [5.41, 5.74) is 1.10. The topological polar surface area (TPSA) is 106 Å². The number of carbonyl (C=O) groups excluding carboxylic acids is 1. The predicted molar refractivity (Wildman–Crippen MR) is 124 cm³/mol. The van der Waals surface area contributed by atoms with Crippen LogP contribution in [0.2, 0.25) is 0 Å². The molecule has 0 saturated heterocycles. The van der Waals surface area contributed by atoms with Crippen molar-refractivity contribution in [2.75, 3.05) is 25.5 Å². The number of rotatable bonds is 9. The molecule has 0 aliphatic heterocycles. The van der Waals surface area contributed by atoms with Gasteiger partial charge in [-0.1, -0.05) is 29.5 Å². The zero-order valence-electron chi connectivity index (χ0n) is 17.3. The van der Waals surface area contributed by atoms with Gasteiger partial charge >= 0.3 is 0 Å². The fourth-order valence-corrected chi connectivity index (χ4v) is 3.78. The molecule has 9 heteroatoms. The third kappa shape index (κ3) is 5.51. The Morgan fingerprint density at radius 1 is 1.09 bits per heavy atom. The largest absolute Gasteiger partial charge is 0.491 e. The lowest BCUT2D eigenvalue weighted by atomic mass is 10.3. The van der Waals surface area contributed by atoms with Crippen LogP contribution in [-0.4, -0.2) is 47.3 Å². The van der Waals surface area contributed by atoms with E-state index in [1.54, 1.807) is 19.2 Å². The van der Waals surface area contributed by atoms with Crippen molar-refractivity contribution >= 4 is 32.6 Å². The first-order chi connectivity index (χ1) is 15.6. The third-order valence-electron chi connectivity index (χ3n) is 4.46. The van der Waals surface area contributed by atoms with E-state index in [1.165, 1.54) is 17.5 Å². The molecule has 2 aromatic carbocycles. The number of carbonyl (C=O) groups is 1. The summed E-state index contributed by atoms with van der Waals surface area (Å²) in [6.45, 7) is 0.499. The Balaban J connectivity index is 1.36. The Morgan fingerprint density at radius 2 is 1.91 bits per heavy atom. The highest BCUT2D eigenvalue weighted by atomic mass is 32.1. The highest BCUT2D eigenvalue weighted by molar-refractivity contribution is 7.22. The van der Waals surface area contributed by atoms with Crippen molar-refractivity contribution in [2.45, 2.75) is 6.10 Å². The monoisotopic (exact) mass is 450 g/mol. The molecule has 8 nitrogen and oxygen atoms in total. The highest BCUT2D eigenvalue weighted by Crippen LogP contribution is 2.31. The maximum atomic E-state index is 11.7. The molecule has 1 unspecified atom stereocenters. The van der Waals surface area contributed by atoms with Crippen molar-refractivity contribution in [1.82, 2.24) is 15.3 Å². The van der Waals surface area contributed by atoms with Gasteiger partial charge in [0.25, 0.3) is 5.91 Å².